The molecule has 3 rings (SSSR count). The molecule has 3 aliphatic rings. The second kappa shape index (κ2) is 11.2. The lowest BCUT2D eigenvalue weighted by Crippen LogP contribution is -2.66. The summed E-state index contributed by atoms with van der Waals surface area (Å²) in [4.78, 5) is 0. The van der Waals surface area contributed by atoms with Gasteiger partial charge in [0.2, 0.25) is 5.79 Å². The molecule has 0 aromatic carbocycles. The maximum absolute atomic E-state index is 10.8. The van der Waals surface area contributed by atoms with Crippen LogP contribution in [0.1, 0.15) is 0 Å². The van der Waals surface area contributed by atoms with E-state index in [1.54, 1.807) is 0 Å². The van der Waals surface area contributed by atoms with E-state index in [4.69, 9.17) is 23.7 Å². The first kappa shape index (κ1) is 27.9. The monoisotopic (exact) mass is 504 g/mol. The molecule has 11 N–H and O–H groups in total. The van der Waals surface area contributed by atoms with E-state index >= 15 is 0 Å². The minimum absolute atomic E-state index is 0.760. The zero-order chi connectivity index (χ0) is 25.4. The first-order valence-corrected chi connectivity index (χ1v) is 10.6. The predicted molar refractivity (Wildman–Crippen MR) is 101 cm³/mol. The molecule has 0 amide bonds. The average molecular weight is 504 g/mol. The number of hydrogen-bond donors (Lipinski definition) is 11. The van der Waals surface area contributed by atoms with E-state index in [-0.39, 0.29) is 0 Å². The standard InChI is InChI=1S/C18H32O16/c19-1-5-8(23)14(34-18(4-22)15(28)9(24)6(2-20)33-18)12(27)17(31-5)32-13-7(3-21)30-16(29)11(26)10(13)25/h5-17,19-29H,1-4H2/t5-,6-,7-,8-,9-,10-,11-,12-,13-,14+,15+,16-,17-,18-/m1/s1. The Bertz CT molecular complexity index is 653. The van der Waals surface area contributed by atoms with Gasteiger partial charge in [-0.2, -0.15) is 0 Å². The van der Waals surface area contributed by atoms with E-state index in [0.717, 1.165) is 0 Å². The summed E-state index contributed by atoms with van der Waals surface area (Å²) in [6.07, 6.45) is -22.3. The van der Waals surface area contributed by atoms with Gasteiger partial charge in [0.05, 0.1) is 19.8 Å². The summed E-state index contributed by atoms with van der Waals surface area (Å²) in [6, 6.07) is 0. The highest BCUT2D eigenvalue weighted by molar-refractivity contribution is 5.00. The Morgan fingerprint density at radius 1 is 0.618 bits per heavy atom. The first-order valence-electron chi connectivity index (χ1n) is 10.6. The fourth-order valence-electron chi connectivity index (χ4n) is 4.19. The van der Waals surface area contributed by atoms with Crippen LogP contribution in [0.25, 0.3) is 0 Å². The third-order valence-corrected chi connectivity index (χ3v) is 6.19. The van der Waals surface area contributed by atoms with E-state index in [9.17, 15) is 56.2 Å². The van der Waals surface area contributed by atoms with Gasteiger partial charge >= 0.3 is 0 Å². The van der Waals surface area contributed by atoms with E-state index in [2.05, 4.69) is 0 Å². The summed E-state index contributed by atoms with van der Waals surface area (Å²) < 4.78 is 26.5. The van der Waals surface area contributed by atoms with E-state index in [1.165, 1.54) is 0 Å². The summed E-state index contributed by atoms with van der Waals surface area (Å²) in [5.74, 6) is -2.40. The Morgan fingerprint density at radius 2 is 1.24 bits per heavy atom. The average Bonchev–Trinajstić information content (AvgIpc) is 3.08. The first-order chi connectivity index (χ1) is 16.0. The molecular formula is C18H32O16. The van der Waals surface area contributed by atoms with Crippen LogP contribution in [-0.2, 0) is 23.7 Å². The second-order valence-corrected chi connectivity index (χ2v) is 8.36. The summed E-state index contributed by atoms with van der Waals surface area (Å²) in [6.45, 7) is -3.46. The van der Waals surface area contributed by atoms with Crippen molar-refractivity contribution in [3.8, 4) is 0 Å². The number of ether oxygens (including phenoxy) is 5. The molecule has 0 unspecified atom stereocenters. The Hall–Kier alpha value is -0.640. The summed E-state index contributed by atoms with van der Waals surface area (Å²) in [7, 11) is 0. The second-order valence-electron chi connectivity index (χ2n) is 8.36. The lowest BCUT2D eigenvalue weighted by atomic mass is 9.96. The zero-order valence-electron chi connectivity index (χ0n) is 17.8. The zero-order valence-corrected chi connectivity index (χ0v) is 17.8. The highest BCUT2D eigenvalue weighted by atomic mass is 16.8. The van der Waals surface area contributed by atoms with Crippen molar-refractivity contribution in [2.24, 2.45) is 0 Å². The largest absolute Gasteiger partial charge is 0.394 e. The highest BCUT2D eigenvalue weighted by Gasteiger charge is 2.59. The molecule has 16 nitrogen and oxygen atoms in total. The molecule has 0 radical (unpaired) electrons. The summed E-state index contributed by atoms with van der Waals surface area (Å²) in [5.41, 5.74) is 0. The molecule has 0 spiro atoms. The van der Waals surface area contributed by atoms with E-state index < -0.39 is 112 Å². The molecule has 3 fully saturated rings. The van der Waals surface area contributed by atoms with Crippen molar-refractivity contribution in [1.29, 1.82) is 0 Å². The van der Waals surface area contributed by atoms with Crippen LogP contribution in [-0.4, -0.2) is 168 Å². The van der Waals surface area contributed by atoms with Crippen LogP contribution in [0.2, 0.25) is 0 Å². The summed E-state index contributed by atoms with van der Waals surface area (Å²) in [5, 5.41) is 110. The number of rotatable bonds is 8. The van der Waals surface area contributed by atoms with E-state index in [1.807, 2.05) is 0 Å². The topological polar surface area (TPSA) is 269 Å². The Balaban J connectivity index is 1.83. The van der Waals surface area contributed by atoms with Crippen LogP contribution in [0, 0.1) is 0 Å². The minimum Gasteiger partial charge on any atom is -0.394 e. The molecule has 200 valence electrons. The van der Waals surface area contributed by atoms with Crippen LogP contribution in [0.3, 0.4) is 0 Å². The molecule has 34 heavy (non-hydrogen) atoms. The third kappa shape index (κ3) is 4.96. The molecule has 0 saturated carbocycles. The molecule has 3 saturated heterocycles. The molecule has 16 heteroatoms. The van der Waals surface area contributed by atoms with Gasteiger partial charge in [-0.15, -0.1) is 0 Å². The van der Waals surface area contributed by atoms with Gasteiger partial charge < -0.3 is 79.9 Å². The minimum atomic E-state index is -2.40. The van der Waals surface area contributed by atoms with Crippen molar-refractivity contribution in [2.75, 3.05) is 26.4 Å². The van der Waals surface area contributed by atoms with Crippen molar-refractivity contribution in [1.82, 2.24) is 0 Å². The third-order valence-electron chi connectivity index (χ3n) is 6.19. The smallest absolute Gasteiger partial charge is 0.222 e. The van der Waals surface area contributed by atoms with Gasteiger partial charge in [-0.1, -0.05) is 0 Å². The lowest BCUT2D eigenvalue weighted by molar-refractivity contribution is -0.382. The molecular weight excluding hydrogens is 472 g/mol. The molecule has 14 atom stereocenters. The van der Waals surface area contributed by atoms with Gasteiger partial charge in [0.1, 0.15) is 73.8 Å². The van der Waals surface area contributed by atoms with Crippen LogP contribution in [0.4, 0.5) is 0 Å². The predicted octanol–water partition coefficient (Wildman–Crippen LogP) is -7.57. The molecule has 3 aliphatic heterocycles. The van der Waals surface area contributed by atoms with Crippen molar-refractivity contribution >= 4 is 0 Å². The maximum Gasteiger partial charge on any atom is 0.222 e. The number of aliphatic hydroxyl groups is 11. The van der Waals surface area contributed by atoms with Crippen molar-refractivity contribution in [3.05, 3.63) is 0 Å². The molecule has 0 bridgehead atoms. The highest BCUT2D eigenvalue weighted by Crippen LogP contribution is 2.37. The molecule has 0 aromatic heterocycles. The van der Waals surface area contributed by atoms with Gasteiger partial charge in [0, 0.05) is 0 Å². The van der Waals surface area contributed by atoms with Gasteiger partial charge in [-0.25, -0.2) is 0 Å². The Kier molecular flexibility index (Phi) is 9.18. The Labute approximate surface area is 192 Å². The van der Waals surface area contributed by atoms with Gasteiger partial charge in [-0.3, -0.25) is 0 Å². The molecule has 0 aromatic rings. The van der Waals surface area contributed by atoms with Crippen LogP contribution in [0.5, 0.6) is 0 Å². The normalized spacial score (nSPS) is 52.1. The van der Waals surface area contributed by atoms with Crippen LogP contribution < -0.4 is 0 Å². The molecule has 0 aliphatic carbocycles. The van der Waals surface area contributed by atoms with Crippen molar-refractivity contribution in [2.45, 2.75) is 85.5 Å². The number of hydrogen-bond acceptors (Lipinski definition) is 16. The van der Waals surface area contributed by atoms with Crippen molar-refractivity contribution in [3.63, 3.8) is 0 Å². The van der Waals surface area contributed by atoms with Gasteiger partial charge in [-0.05, 0) is 0 Å². The van der Waals surface area contributed by atoms with Crippen LogP contribution in [0.15, 0.2) is 0 Å². The SMILES string of the molecule is OC[C@H]1O[C@](CO)(O[C@@H]2[C@@H](O)[C@@H](O[C@H]3[C@H](O)[C@@H](O)[C@H](O)O[C@@H]3CO)O[C@H](CO)[C@H]2O)[C@@H](O)[C@@H]1O. The van der Waals surface area contributed by atoms with Crippen LogP contribution >= 0.6 is 0 Å². The number of aliphatic hydroxyl groups excluding tert-OH is 11. The summed E-state index contributed by atoms with van der Waals surface area (Å²) >= 11 is 0. The van der Waals surface area contributed by atoms with Gasteiger partial charge in [0.15, 0.2) is 12.6 Å². The van der Waals surface area contributed by atoms with Crippen molar-refractivity contribution < 1.29 is 79.9 Å². The fraction of sp³-hybridized carbons (Fsp3) is 1.00. The molecule has 3 heterocycles. The fourth-order valence-corrected chi connectivity index (χ4v) is 4.19. The lowest BCUT2D eigenvalue weighted by Gasteiger charge is -2.47. The quantitative estimate of drug-likeness (QED) is 0.146. The van der Waals surface area contributed by atoms with E-state index in [0.29, 0.717) is 0 Å². The maximum atomic E-state index is 10.8. The van der Waals surface area contributed by atoms with Gasteiger partial charge in [0.25, 0.3) is 0 Å². The Morgan fingerprint density at radius 3 is 1.76 bits per heavy atom.